The monoisotopic (exact) mass is 348 g/mol. The van der Waals surface area contributed by atoms with Crippen LogP contribution in [-0.4, -0.2) is 12.6 Å². The van der Waals surface area contributed by atoms with Gasteiger partial charge in [-0.2, -0.15) is 0 Å². The van der Waals surface area contributed by atoms with Crippen LogP contribution in [0.15, 0.2) is 12.1 Å². The van der Waals surface area contributed by atoms with E-state index < -0.39 is 5.97 Å². The fourth-order valence-corrected chi connectivity index (χ4v) is 2.92. The molecular weight excluding hydrogens is 331 g/mol. The second-order valence-corrected chi connectivity index (χ2v) is 7.05. The van der Waals surface area contributed by atoms with E-state index in [2.05, 4.69) is 6.92 Å². The van der Waals surface area contributed by atoms with Crippen molar-refractivity contribution < 1.29 is 9.53 Å². The first-order valence-corrected chi connectivity index (χ1v) is 8.42. The van der Waals surface area contributed by atoms with Gasteiger partial charge in [-0.05, 0) is 30.4 Å². The molecule has 0 spiro atoms. The summed E-state index contributed by atoms with van der Waals surface area (Å²) in [6.07, 6.45) is 6.35. The number of benzene rings is 1. The SMILES string of the molecule is CC(CCCC1CC1)COC(=O)c1cc(Cl)cc(Cl)c1Cl. The first-order valence-electron chi connectivity index (χ1n) is 7.29. The number of hydrogen-bond donors (Lipinski definition) is 0. The highest BCUT2D eigenvalue weighted by molar-refractivity contribution is 6.45. The minimum absolute atomic E-state index is 0.187. The molecule has 0 radical (unpaired) electrons. The van der Waals surface area contributed by atoms with Crippen LogP contribution in [0.3, 0.4) is 0 Å². The van der Waals surface area contributed by atoms with Gasteiger partial charge in [-0.15, -0.1) is 0 Å². The fourth-order valence-electron chi connectivity index (χ4n) is 2.25. The smallest absolute Gasteiger partial charge is 0.339 e. The van der Waals surface area contributed by atoms with Crippen LogP contribution in [0.2, 0.25) is 15.1 Å². The van der Waals surface area contributed by atoms with Crippen molar-refractivity contribution in [2.45, 2.75) is 39.0 Å². The molecule has 0 aromatic heterocycles. The highest BCUT2D eigenvalue weighted by Crippen LogP contribution is 2.34. The molecule has 2 rings (SSSR count). The molecule has 1 fully saturated rings. The van der Waals surface area contributed by atoms with E-state index in [4.69, 9.17) is 39.5 Å². The summed E-state index contributed by atoms with van der Waals surface area (Å²) in [6, 6.07) is 2.98. The van der Waals surface area contributed by atoms with Crippen LogP contribution in [0.1, 0.15) is 49.4 Å². The average molecular weight is 350 g/mol. The lowest BCUT2D eigenvalue weighted by Gasteiger charge is -2.13. The molecule has 0 aliphatic heterocycles. The number of rotatable bonds is 7. The number of ether oxygens (including phenoxy) is 1. The maximum absolute atomic E-state index is 12.0. The largest absolute Gasteiger partial charge is 0.462 e. The van der Waals surface area contributed by atoms with Crippen molar-refractivity contribution >= 4 is 40.8 Å². The van der Waals surface area contributed by atoms with Gasteiger partial charge in [-0.3, -0.25) is 0 Å². The minimum atomic E-state index is -0.474. The van der Waals surface area contributed by atoms with Gasteiger partial charge in [0, 0.05) is 5.02 Å². The van der Waals surface area contributed by atoms with E-state index in [1.807, 2.05) is 0 Å². The molecule has 5 heteroatoms. The molecule has 1 aromatic carbocycles. The predicted octanol–water partition coefficient (Wildman–Crippen LogP) is 6.02. The van der Waals surface area contributed by atoms with Crippen molar-refractivity contribution in [2.24, 2.45) is 11.8 Å². The van der Waals surface area contributed by atoms with E-state index in [9.17, 15) is 4.79 Å². The Morgan fingerprint density at radius 1 is 1.33 bits per heavy atom. The molecule has 0 N–H and O–H groups in total. The topological polar surface area (TPSA) is 26.3 Å². The fraction of sp³-hybridized carbons (Fsp3) is 0.562. The quantitative estimate of drug-likeness (QED) is 0.444. The molecule has 1 aliphatic carbocycles. The Morgan fingerprint density at radius 2 is 2.05 bits per heavy atom. The average Bonchev–Trinajstić information content (AvgIpc) is 3.24. The zero-order chi connectivity index (χ0) is 15.4. The summed E-state index contributed by atoms with van der Waals surface area (Å²) in [7, 11) is 0. The number of hydrogen-bond acceptors (Lipinski definition) is 2. The van der Waals surface area contributed by atoms with Crippen molar-refractivity contribution in [3.8, 4) is 0 Å². The normalized spacial score (nSPS) is 15.8. The summed E-state index contributed by atoms with van der Waals surface area (Å²) in [5.41, 5.74) is 0.222. The standard InChI is InChI=1S/C16H19Cl3O2/c1-10(3-2-4-11-5-6-11)9-21-16(20)13-7-12(17)8-14(18)15(13)19/h7-8,10-11H,2-6,9H2,1H3. The van der Waals surface area contributed by atoms with Crippen LogP contribution in [-0.2, 0) is 4.74 Å². The third kappa shape index (κ3) is 5.36. The first-order chi connectivity index (χ1) is 9.97. The highest BCUT2D eigenvalue weighted by atomic mass is 35.5. The lowest BCUT2D eigenvalue weighted by atomic mass is 10.0. The summed E-state index contributed by atoms with van der Waals surface area (Å²) >= 11 is 17.8. The molecule has 1 aromatic rings. The number of carbonyl (C=O) groups is 1. The maximum Gasteiger partial charge on any atom is 0.339 e. The maximum atomic E-state index is 12.0. The molecule has 1 aliphatic rings. The lowest BCUT2D eigenvalue weighted by Crippen LogP contribution is -2.13. The number of esters is 1. The Kier molecular flexibility index (Phi) is 6.21. The van der Waals surface area contributed by atoms with Crippen molar-refractivity contribution in [1.82, 2.24) is 0 Å². The van der Waals surface area contributed by atoms with E-state index in [0.717, 1.165) is 12.3 Å². The molecule has 1 saturated carbocycles. The summed E-state index contributed by atoms with van der Waals surface area (Å²) in [5.74, 6) is 0.826. The summed E-state index contributed by atoms with van der Waals surface area (Å²) in [6.45, 7) is 2.48. The van der Waals surface area contributed by atoms with Crippen LogP contribution in [0, 0.1) is 11.8 Å². The second-order valence-electron chi connectivity index (χ2n) is 5.83. The zero-order valence-electron chi connectivity index (χ0n) is 12.0. The van der Waals surface area contributed by atoms with Gasteiger partial charge in [-0.25, -0.2) is 4.79 Å². The Hall–Kier alpha value is -0.440. The summed E-state index contributed by atoms with van der Waals surface area (Å²) < 4.78 is 5.31. The zero-order valence-corrected chi connectivity index (χ0v) is 14.3. The molecule has 1 unspecified atom stereocenters. The van der Waals surface area contributed by atoms with Crippen LogP contribution in [0.25, 0.3) is 0 Å². The van der Waals surface area contributed by atoms with Gasteiger partial charge in [0.1, 0.15) is 0 Å². The van der Waals surface area contributed by atoms with Crippen LogP contribution < -0.4 is 0 Å². The van der Waals surface area contributed by atoms with Crippen molar-refractivity contribution in [1.29, 1.82) is 0 Å². The van der Waals surface area contributed by atoms with Gasteiger partial charge in [0.15, 0.2) is 0 Å². The molecule has 0 amide bonds. The predicted molar refractivity (Wildman–Crippen MR) is 87.5 cm³/mol. The molecule has 0 bridgehead atoms. The number of halogens is 3. The Bertz CT molecular complexity index is 512. The first kappa shape index (κ1) is 16.9. The Labute approximate surface area is 140 Å². The molecule has 0 saturated heterocycles. The van der Waals surface area contributed by atoms with Gasteiger partial charge in [0.25, 0.3) is 0 Å². The molecule has 2 nitrogen and oxygen atoms in total. The van der Waals surface area contributed by atoms with Crippen molar-refractivity contribution in [3.05, 3.63) is 32.8 Å². The van der Waals surface area contributed by atoms with E-state index in [0.29, 0.717) is 17.5 Å². The minimum Gasteiger partial charge on any atom is -0.462 e. The third-order valence-corrected chi connectivity index (χ3v) is 4.74. The molecular formula is C16H19Cl3O2. The molecule has 21 heavy (non-hydrogen) atoms. The molecule has 116 valence electrons. The Morgan fingerprint density at radius 3 is 2.71 bits per heavy atom. The van der Waals surface area contributed by atoms with Gasteiger partial charge in [0.2, 0.25) is 0 Å². The van der Waals surface area contributed by atoms with Crippen molar-refractivity contribution in [2.75, 3.05) is 6.61 Å². The van der Waals surface area contributed by atoms with Gasteiger partial charge in [-0.1, -0.05) is 67.4 Å². The van der Waals surface area contributed by atoms with Crippen LogP contribution >= 0.6 is 34.8 Å². The van der Waals surface area contributed by atoms with Gasteiger partial charge in [0.05, 0.1) is 22.2 Å². The van der Waals surface area contributed by atoms with E-state index in [1.54, 1.807) is 0 Å². The summed E-state index contributed by atoms with van der Waals surface area (Å²) in [5, 5.41) is 0.815. The van der Waals surface area contributed by atoms with E-state index in [-0.39, 0.29) is 15.6 Å². The van der Waals surface area contributed by atoms with Crippen molar-refractivity contribution in [3.63, 3.8) is 0 Å². The highest BCUT2D eigenvalue weighted by Gasteiger charge is 2.21. The van der Waals surface area contributed by atoms with E-state index >= 15 is 0 Å². The molecule has 1 atom stereocenters. The van der Waals surface area contributed by atoms with Gasteiger partial charge < -0.3 is 4.74 Å². The second kappa shape index (κ2) is 7.71. The molecule has 0 heterocycles. The third-order valence-electron chi connectivity index (χ3n) is 3.72. The van der Waals surface area contributed by atoms with Crippen LogP contribution in [0.4, 0.5) is 0 Å². The summed E-state index contributed by atoms with van der Waals surface area (Å²) in [4.78, 5) is 12.0. The van der Waals surface area contributed by atoms with Gasteiger partial charge >= 0.3 is 5.97 Å². The van der Waals surface area contributed by atoms with Crippen LogP contribution in [0.5, 0.6) is 0 Å². The number of carbonyl (C=O) groups excluding carboxylic acids is 1. The van der Waals surface area contributed by atoms with E-state index in [1.165, 1.54) is 37.8 Å². The lowest BCUT2D eigenvalue weighted by molar-refractivity contribution is 0.0442. The Balaban J connectivity index is 1.80.